The summed E-state index contributed by atoms with van der Waals surface area (Å²) in [4.78, 5) is 7.86. The molecule has 1 fully saturated rings. The van der Waals surface area contributed by atoms with Gasteiger partial charge >= 0.3 is 6.18 Å². The van der Waals surface area contributed by atoms with Gasteiger partial charge in [0.1, 0.15) is 6.33 Å². The number of nitrogens with two attached hydrogens (primary N) is 1. The summed E-state index contributed by atoms with van der Waals surface area (Å²) >= 11 is 0. The Morgan fingerprint density at radius 3 is 2.67 bits per heavy atom. The van der Waals surface area contributed by atoms with E-state index in [0.29, 0.717) is 16.9 Å². The maximum absolute atomic E-state index is 12.8. The van der Waals surface area contributed by atoms with Gasteiger partial charge in [-0.1, -0.05) is 6.07 Å². The average molecular weight is 442 g/mol. The number of benzene rings is 1. The quantitative estimate of drug-likeness (QED) is 0.556. The number of imidazole rings is 1. The summed E-state index contributed by atoms with van der Waals surface area (Å²) in [6, 6.07) is 3.28. The predicted octanol–water partition coefficient (Wildman–Crippen LogP) is 1.42. The second-order valence-corrected chi connectivity index (χ2v) is 8.97. The van der Waals surface area contributed by atoms with Crippen LogP contribution in [0.3, 0.4) is 0 Å². The van der Waals surface area contributed by atoms with Gasteiger partial charge in [-0.25, -0.2) is 27.6 Å². The lowest BCUT2D eigenvalue weighted by atomic mass is 9.76. The number of nitrogens with one attached hydrogen (secondary N) is 1. The zero-order valence-electron chi connectivity index (χ0n) is 15.6. The van der Waals surface area contributed by atoms with Crippen LogP contribution in [0.4, 0.5) is 19.0 Å². The smallest absolute Gasteiger partial charge is 0.381 e. The molecule has 1 saturated carbocycles. The maximum atomic E-state index is 12.8. The summed E-state index contributed by atoms with van der Waals surface area (Å²) in [5, 5.41) is 13.6. The van der Waals surface area contributed by atoms with E-state index in [1.54, 1.807) is 13.0 Å². The summed E-state index contributed by atoms with van der Waals surface area (Å²) in [6.07, 6.45) is -3.57. The topological polar surface area (TPSA) is 136 Å². The minimum atomic E-state index is -4.81. The molecule has 0 radical (unpaired) electrons. The van der Waals surface area contributed by atoms with Gasteiger partial charge in [-0.15, -0.1) is 0 Å². The molecule has 9 nitrogen and oxygen atoms in total. The van der Waals surface area contributed by atoms with E-state index in [9.17, 15) is 26.7 Å². The fourth-order valence-electron chi connectivity index (χ4n) is 3.42. The van der Waals surface area contributed by atoms with E-state index in [1.165, 1.54) is 29.2 Å². The van der Waals surface area contributed by atoms with Crippen molar-refractivity contribution in [2.24, 2.45) is 0 Å². The number of aliphatic hydroxyl groups is 1. The molecule has 30 heavy (non-hydrogen) atoms. The van der Waals surface area contributed by atoms with Gasteiger partial charge in [-0.3, -0.25) is 0 Å². The van der Waals surface area contributed by atoms with Gasteiger partial charge in [0.25, 0.3) is 0 Å². The summed E-state index contributed by atoms with van der Waals surface area (Å²) in [5.41, 5.74) is 4.92. The molecule has 160 valence electrons. The number of fused-ring (bicyclic) bond motifs is 1. The van der Waals surface area contributed by atoms with Crippen LogP contribution < -0.4 is 10.5 Å². The molecular formula is C17H17F3N6O3S. The van der Waals surface area contributed by atoms with Gasteiger partial charge in [0.15, 0.2) is 17.1 Å². The molecule has 0 unspecified atom stereocenters. The molecule has 4 rings (SSSR count). The number of sulfonamides is 1. The van der Waals surface area contributed by atoms with E-state index >= 15 is 0 Å². The van der Waals surface area contributed by atoms with E-state index in [1.807, 2.05) is 0 Å². The number of aryl methyl sites for hydroxylation is 1. The summed E-state index contributed by atoms with van der Waals surface area (Å²) in [6.45, 7) is 1.76. The van der Waals surface area contributed by atoms with Crippen molar-refractivity contribution in [3.8, 4) is 11.3 Å². The molecular weight excluding hydrogens is 425 g/mol. The van der Waals surface area contributed by atoms with Crippen molar-refractivity contribution in [2.45, 2.75) is 42.5 Å². The van der Waals surface area contributed by atoms with Gasteiger partial charge in [0, 0.05) is 24.4 Å². The average Bonchev–Trinajstić information content (AvgIpc) is 3.04. The van der Waals surface area contributed by atoms with Crippen LogP contribution in [0.25, 0.3) is 16.9 Å². The van der Waals surface area contributed by atoms with Gasteiger partial charge in [0.05, 0.1) is 16.8 Å². The van der Waals surface area contributed by atoms with E-state index in [-0.39, 0.29) is 10.7 Å². The Morgan fingerprint density at radius 2 is 2.00 bits per heavy atom. The molecule has 0 atom stereocenters. The lowest BCUT2D eigenvalue weighted by Gasteiger charge is -2.44. The Balaban J connectivity index is 1.64. The third kappa shape index (κ3) is 3.28. The molecule has 0 saturated heterocycles. The first kappa shape index (κ1) is 20.5. The second kappa shape index (κ2) is 6.62. The predicted molar refractivity (Wildman–Crippen MR) is 99.7 cm³/mol. The Bertz CT molecular complexity index is 1240. The van der Waals surface area contributed by atoms with Crippen LogP contribution in [0.2, 0.25) is 0 Å². The van der Waals surface area contributed by atoms with E-state index in [4.69, 9.17) is 5.73 Å². The third-order valence-corrected chi connectivity index (χ3v) is 6.66. The van der Waals surface area contributed by atoms with Crippen LogP contribution >= 0.6 is 0 Å². The van der Waals surface area contributed by atoms with Crippen molar-refractivity contribution in [1.82, 2.24) is 24.3 Å². The number of hydrogen-bond acceptors (Lipinski definition) is 7. The van der Waals surface area contributed by atoms with Crippen LogP contribution in [0.5, 0.6) is 0 Å². The van der Waals surface area contributed by atoms with Crippen LogP contribution in [0, 0.1) is 6.92 Å². The normalized spacial score (nSPS) is 22.2. The minimum absolute atomic E-state index is 0.137. The Kier molecular flexibility index (Phi) is 4.52. The van der Waals surface area contributed by atoms with Crippen LogP contribution in [0.1, 0.15) is 18.4 Å². The minimum Gasteiger partial charge on any atom is -0.381 e. The van der Waals surface area contributed by atoms with Crippen molar-refractivity contribution in [3.05, 3.63) is 36.3 Å². The highest BCUT2D eigenvalue weighted by Gasteiger charge is 2.61. The Hall–Kier alpha value is -2.77. The lowest BCUT2D eigenvalue weighted by molar-refractivity contribution is -0.290. The molecule has 4 N–H and O–H groups in total. The molecule has 3 aromatic rings. The van der Waals surface area contributed by atoms with Gasteiger partial charge in [-0.05, 0) is 24.6 Å². The Labute approximate surface area is 168 Å². The van der Waals surface area contributed by atoms with Crippen molar-refractivity contribution in [2.75, 3.05) is 5.73 Å². The molecule has 1 aliphatic rings. The number of anilines is 1. The molecule has 2 heterocycles. The number of aromatic nitrogens is 4. The molecule has 0 bridgehead atoms. The molecule has 0 amide bonds. The monoisotopic (exact) mass is 442 g/mol. The van der Waals surface area contributed by atoms with Crippen molar-refractivity contribution in [3.63, 3.8) is 0 Å². The van der Waals surface area contributed by atoms with Crippen LogP contribution in [-0.4, -0.2) is 50.9 Å². The standard InChI is InChI=1S/C17H17F3N6O3S/c1-9-2-3-11(30(28,29)25-10-5-16(27,6-10)17(18,19)20)4-12(9)13-7-22-15-14(21)23-8-24-26(13)15/h2-4,7-8,10,25,27H,5-6H2,1H3,(H2,21,23,24)/t10-,16+. The van der Waals surface area contributed by atoms with Crippen LogP contribution in [-0.2, 0) is 10.0 Å². The lowest BCUT2D eigenvalue weighted by Crippen LogP contribution is -2.62. The van der Waals surface area contributed by atoms with Gasteiger partial charge in [-0.2, -0.15) is 18.3 Å². The number of hydrogen-bond donors (Lipinski definition) is 3. The Morgan fingerprint density at radius 1 is 1.30 bits per heavy atom. The van der Waals surface area contributed by atoms with E-state index in [0.717, 1.165) is 5.56 Å². The summed E-state index contributed by atoms with van der Waals surface area (Å²) in [5.74, 6) is 0.154. The molecule has 1 aliphatic carbocycles. The number of nitrogen functional groups attached to an aromatic ring is 1. The highest BCUT2D eigenvalue weighted by atomic mass is 32.2. The first-order chi connectivity index (χ1) is 13.9. The second-order valence-electron chi connectivity index (χ2n) is 7.26. The summed E-state index contributed by atoms with van der Waals surface area (Å²) < 4.78 is 67.4. The number of nitrogens with zero attached hydrogens (tertiary/aromatic N) is 4. The SMILES string of the molecule is Cc1ccc(S(=O)(=O)N[C@H]2C[C@](O)(C(F)(F)F)C2)cc1-c1cnc2c(N)ncnn12. The van der Waals surface area contributed by atoms with Crippen LogP contribution in [0.15, 0.2) is 35.6 Å². The number of rotatable bonds is 4. The zero-order chi connectivity index (χ0) is 21.9. The molecule has 13 heteroatoms. The number of alkyl halides is 3. The molecule has 0 aliphatic heterocycles. The highest BCUT2D eigenvalue weighted by Crippen LogP contribution is 2.45. The first-order valence-corrected chi connectivity index (χ1v) is 10.3. The van der Waals surface area contributed by atoms with Gasteiger partial charge in [0.2, 0.25) is 10.0 Å². The molecule has 1 aromatic carbocycles. The largest absolute Gasteiger partial charge is 0.417 e. The maximum Gasteiger partial charge on any atom is 0.417 e. The zero-order valence-corrected chi connectivity index (χ0v) is 16.4. The van der Waals surface area contributed by atoms with E-state index in [2.05, 4.69) is 19.8 Å². The number of halogens is 3. The van der Waals surface area contributed by atoms with Gasteiger partial charge < -0.3 is 10.8 Å². The van der Waals surface area contributed by atoms with Crippen molar-refractivity contribution < 1.29 is 26.7 Å². The molecule has 2 aromatic heterocycles. The fraction of sp³-hybridized carbons (Fsp3) is 0.353. The van der Waals surface area contributed by atoms with Crippen molar-refractivity contribution in [1.29, 1.82) is 0 Å². The third-order valence-electron chi connectivity index (χ3n) is 5.14. The summed E-state index contributed by atoms with van der Waals surface area (Å²) in [7, 11) is -4.12. The molecule has 0 spiro atoms. The fourth-order valence-corrected chi connectivity index (χ4v) is 4.68. The van der Waals surface area contributed by atoms with Crippen molar-refractivity contribution >= 4 is 21.5 Å². The first-order valence-electron chi connectivity index (χ1n) is 8.78. The van der Waals surface area contributed by atoms with E-state index < -0.39 is 40.7 Å². The highest BCUT2D eigenvalue weighted by molar-refractivity contribution is 7.89.